The van der Waals surface area contributed by atoms with E-state index in [4.69, 9.17) is 19.4 Å². The molecule has 3 radical (unpaired) electrons. The molecule has 3 rings (SSSR count). The molecule has 0 bridgehead atoms. The first-order valence-corrected chi connectivity index (χ1v) is 12.2. The van der Waals surface area contributed by atoms with E-state index in [2.05, 4.69) is 28.1 Å². The molecule has 165 valence electrons. The molecule has 1 fully saturated rings. The third-order valence-corrected chi connectivity index (χ3v) is 7.40. The van der Waals surface area contributed by atoms with E-state index >= 15 is 0 Å². The normalized spacial score (nSPS) is 22.1. The summed E-state index contributed by atoms with van der Waals surface area (Å²) in [6.45, 7) is -0.555. The quantitative estimate of drug-likeness (QED) is 0.218. The molecule has 1 saturated heterocycles. The molecule has 0 aliphatic carbocycles. The van der Waals surface area contributed by atoms with Crippen molar-refractivity contribution in [1.29, 1.82) is 0 Å². The largest absolute Gasteiger partial charge is 0.490 e. The number of aromatic nitrogens is 4. The first kappa shape index (κ1) is 32.5. The summed E-state index contributed by atoms with van der Waals surface area (Å²) in [5.74, 6) is 0. The van der Waals surface area contributed by atoms with Crippen LogP contribution in [0, 0.1) is 0 Å². The number of phosphoric acid groups is 3. The van der Waals surface area contributed by atoms with Gasteiger partial charge in [-0.2, -0.15) is 8.62 Å². The molecule has 1 aliphatic heterocycles. The molecule has 2 aromatic heterocycles. The summed E-state index contributed by atoms with van der Waals surface area (Å²) >= 11 is 0. The van der Waals surface area contributed by atoms with E-state index in [9.17, 15) is 23.4 Å². The van der Waals surface area contributed by atoms with Crippen molar-refractivity contribution >= 4 is 91.2 Å². The van der Waals surface area contributed by atoms with Crippen LogP contribution in [0.5, 0.6) is 0 Å². The minimum Gasteiger partial charge on any atom is -0.352 e. The first-order chi connectivity index (χ1) is 13.4. The van der Waals surface area contributed by atoms with Crippen LogP contribution in [0.4, 0.5) is 0 Å². The standard InChI is InChI=1S/C10H15N4O12P3.3Li/c15-10-8-9(11-4-12-10)14(5-13-8)7-2-1-6(24-7)3-23-28(19,20)26-29(21,22)25-27(16,17)18;;;/h4-7H,1-3H2,(H,19,20)(H,21,22)(H,11,12,15)(H2,16,17,18);;;/t6-,7+;;;/m0.../s1. The molecular formula is C10H15Li3N4O12P3. The summed E-state index contributed by atoms with van der Waals surface area (Å²) in [5, 5.41) is 0. The predicted molar refractivity (Wildman–Crippen MR) is 108 cm³/mol. The van der Waals surface area contributed by atoms with Crippen molar-refractivity contribution in [2.24, 2.45) is 0 Å². The Labute approximate surface area is 215 Å². The maximum atomic E-state index is 11.7. The number of imidazole rings is 1. The van der Waals surface area contributed by atoms with Crippen LogP contribution in [0.25, 0.3) is 11.2 Å². The van der Waals surface area contributed by atoms with Gasteiger partial charge in [0.25, 0.3) is 5.56 Å². The molecule has 0 spiro atoms. The van der Waals surface area contributed by atoms with Gasteiger partial charge < -0.3 is 29.3 Å². The molecule has 0 amide bonds. The molecule has 0 aromatic carbocycles. The van der Waals surface area contributed by atoms with Crippen LogP contribution >= 0.6 is 23.5 Å². The fourth-order valence-electron chi connectivity index (χ4n) is 2.57. The SMILES string of the molecule is O=c1[nH]cnc2c1ncn2[C@H]1CC[C@@H](COP(=O)(O)OP(=O)(O)OP(=O)(O)O)O1.[Li].[Li].[Li]. The number of ether oxygens (including phenoxy) is 1. The second kappa shape index (κ2) is 12.5. The molecule has 32 heavy (non-hydrogen) atoms. The minimum atomic E-state index is -5.58. The zero-order valence-electron chi connectivity index (χ0n) is 17.2. The zero-order valence-corrected chi connectivity index (χ0v) is 19.9. The zero-order chi connectivity index (χ0) is 21.4. The second-order valence-corrected chi connectivity index (χ2v) is 10.2. The summed E-state index contributed by atoms with van der Waals surface area (Å²) in [4.78, 5) is 57.5. The Morgan fingerprint density at radius 3 is 2.34 bits per heavy atom. The van der Waals surface area contributed by atoms with Gasteiger partial charge in [0.2, 0.25) is 0 Å². The van der Waals surface area contributed by atoms with Gasteiger partial charge in [-0.15, -0.1) is 0 Å². The van der Waals surface area contributed by atoms with Gasteiger partial charge in [0.1, 0.15) is 6.23 Å². The topological polar surface area (TPSA) is 233 Å². The van der Waals surface area contributed by atoms with Gasteiger partial charge in [-0.3, -0.25) is 13.9 Å². The van der Waals surface area contributed by atoms with E-state index in [1.165, 1.54) is 17.2 Å². The summed E-state index contributed by atoms with van der Waals surface area (Å²) in [5.41, 5.74) is -0.0592. The molecule has 3 heterocycles. The Morgan fingerprint density at radius 1 is 1.06 bits per heavy atom. The van der Waals surface area contributed by atoms with Crippen molar-refractivity contribution in [1.82, 2.24) is 19.5 Å². The van der Waals surface area contributed by atoms with Crippen molar-refractivity contribution in [3.8, 4) is 0 Å². The van der Waals surface area contributed by atoms with Gasteiger partial charge in [0.15, 0.2) is 11.2 Å². The van der Waals surface area contributed by atoms with E-state index in [1.807, 2.05) is 0 Å². The van der Waals surface area contributed by atoms with Crippen LogP contribution in [0.1, 0.15) is 19.1 Å². The molecular weight excluding hydrogens is 482 g/mol. The number of nitrogens with zero attached hydrogens (tertiary/aromatic N) is 3. The number of rotatable bonds is 8. The summed E-state index contributed by atoms with van der Waals surface area (Å²) in [7, 11) is -16.3. The Balaban J connectivity index is 0.00000320. The van der Waals surface area contributed by atoms with Gasteiger partial charge in [-0.05, 0) is 12.8 Å². The van der Waals surface area contributed by atoms with E-state index in [-0.39, 0.29) is 67.7 Å². The van der Waals surface area contributed by atoms with Gasteiger partial charge in [-0.1, -0.05) is 0 Å². The van der Waals surface area contributed by atoms with Gasteiger partial charge >= 0.3 is 23.5 Å². The average molecular weight is 497 g/mol. The number of hydrogen-bond donors (Lipinski definition) is 5. The summed E-state index contributed by atoms with van der Waals surface area (Å²) < 4.78 is 52.5. The van der Waals surface area contributed by atoms with Gasteiger partial charge in [0, 0.05) is 56.6 Å². The molecule has 1 aliphatic rings. The molecule has 2 unspecified atom stereocenters. The smallest absolute Gasteiger partial charge is 0.352 e. The Bertz CT molecular complexity index is 1110. The van der Waals surface area contributed by atoms with Crippen molar-refractivity contribution in [3.05, 3.63) is 23.0 Å². The Hall–Kier alpha value is 0.512. The van der Waals surface area contributed by atoms with Crippen LogP contribution in [0.15, 0.2) is 17.4 Å². The van der Waals surface area contributed by atoms with Crippen LogP contribution in [-0.2, 0) is 31.6 Å². The van der Waals surface area contributed by atoms with Crippen molar-refractivity contribution < 1.29 is 51.2 Å². The van der Waals surface area contributed by atoms with E-state index < -0.39 is 48.0 Å². The van der Waals surface area contributed by atoms with Gasteiger partial charge in [-0.25, -0.2) is 23.7 Å². The first-order valence-electron chi connectivity index (χ1n) is 7.69. The monoisotopic (exact) mass is 497 g/mol. The Kier molecular flexibility index (Phi) is 12.7. The van der Waals surface area contributed by atoms with E-state index in [0.29, 0.717) is 12.8 Å². The van der Waals surface area contributed by atoms with Gasteiger partial charge in [0.05, 0.1) is 25.4 Å². The third-order valence-electron chi connectivity index (χ3n) is 3.60. The van der Waals surface area contributed by atoms with Crippen molar-refractivity contribution in [2.45, 2.75) is 25.2 Å². The minimum absolute atomic E-state index is 0. The van der Waals surface area contributed by atoms with Crippen LogP contribution < -0.4 is 5.56 Å². The number of phosphoric ester groups is 1. The molecule has 4 atom stereocenters. The second-order valence-electron chi connectivity index (χ2n) is 5.73. The fraction of sp³-hybridized carbons (Fsp3) is 0.500. The summed E-state index contributed by atoms with van der Waals surface area (Å²) in [6.07, 6.45) is 1.94. The molecule has 0 saturated carbocycles. The third kappa shape index (κ3) is 8.94. The predicted octanol–water partition coefficient (Wildman–Crippen LogP) is -1.00. The maximum Gasteiger partial charge on any atom is 0.490 e. The van der Waals surface area contributed by atoms with Crippen LogP contribution in [0.2, 0.25) is 0 Å². The maximum absolute atomic E-state index is 11.7. The van der Waals surface area contributed by atoms with Crippen LogP contribution in [-0.4, -0.2) is 108 Å². The average Bonchev–Trinajstić information content (AvgIpc) is 3.16. The molecule has 2 aromatic rings. The number of aromatic amines is 1. The van der Waals surface area contributed by atoms with Crippen LogP contribution in [0.3, 0.4) is 0 Å². The number of fused-ring (bicyclic) bond motifs is 1. The molecule has 16 nitrogen and oxygen atoms in total. The number of H-pyrrole nitrogens is 1. The summed E-state index contributed by atoms with van der Waals surface area (Å²) in [6, 6.07) is 0. The van der Waals surface area contributed by atoms with Crippen molar-refractivity contribution in [2.75, 3.05) is 6.61 Å². The molecule has 5 N–H and O–H groups in total. The van der Waals surface area contributed by atoms with E-state index in [1.54, 1.807) is 0 Å². The van der Waals surface area contributed by atoms with Crippen molar-refractivity contribution in [3.63, 3.8) is 0 Å². The number of nitrogens with one attached hydrogen (secondary N) is 1. The Morgan fingerprint density at radius 2 is 1.72 bits per heavy atom. The molecule has 22 heteroatoms. The fourth-order valence-corrected chi connectivity index (χ4v) is 5.62. The number of hydrogen-bond acceptors (Lipinski definition) is 10. The van der Waals surface area contributed by atoms with E-state index in [0.717, 1.165) is 0 Å².